The minimum atomic E-state index is 0.297. The third-order valence-corrected chi connectivity index (χ3v) is 4.12. The predicted octanol–water partition coefficient (Wildman–Crippen LogP) is 3.81. The highest BCUT2D eigenvalue weighted by Gasteiger charge is 2.17. The van der Waals surface area contributed by atoms with E-state index in [1.165, 1.54) is 0 Å². The highest BCUT2D eigenvalue weighted by Crippen LogP contribution is 2.38. The maximum Gasteiger partial charge on any atom is 0.231 e. The average Bonchev–Trinajstić information content (AvgIpc) is 2.91. The van der Waals surface area contributed by atoms with Crippen LogP contribution in [0.25, 0.3) is 10.8 Å². The molecule has 1 aliphatic rings. The van der Waals surface area contributed by atoms with Gasteiger partial charge in [-0.3, -0.25) is 0 Å². The summed E-state index contributed by atoms with van der Waals surface area (Å²) in [5.41, 5.74) is 0. The van der Waals surface area contributed by atoms with Crippen LogP contribution < -0.4 is 14.8 Å². The minimum absolute atomic E-state index is 0.297. The monoisotopic (exact) mass is 272 g/mol. The number of nitrogens with zero attached hydrogens (tertiary/aromatic N) is 1. The molecule has 1 aromatic heterocycles. The molecule has 0 spiro atoms. The van der Waals surface area contributed by atoms with Crippen molar-refractivity contribution in [1.29, 1.82) is 0 Å². The number of rotatable bonds is 4. The van der Waals surface area contributed by atoms with Gasteiger partial charge in [0.15, 0.2) is 11.5 Å². The lowest BCUT2D eigenvalue weighted by Gasteiger charge is -2.21. The van der Waals surface area contributed by atoms with Crippen molar-refractivity contribution < 1.29 is 9.47 Å². The smallest absolute Gasteiger partial charge is 0.231 e. The van der Waals surface area contributed by atoms with E-state index in [1.807, 2.05) is 24.4 Å². The van der Waals surface area contributed by atoms with Gasteiger partial charge in [0.1, 0.15) is 5.82 Å². The van der Waals surface area contributed by atoms with E-state index in [-0.39, 0.29) is 0 Å². The maximum atomic E-state index is 5.46. The normalized spacial score (nSPS) is 16.1. The zero-order valence-electron chi connectivity index (χ0n) is 12.1. The van der Waals surface area contributed by atoms with Crippen molar-refractivity contribution in [1.82, 2.24) is 4.98 Å². The molecule has 1 N–H and O–H groups in total. The first-order valence-corrected chi connectivity index (χ1v) is 7.14. The number of hydrogen-bond donors (Lipinski definition) is 1. The molecule has 2 heterocycles. The molecule has 0 bridgehead atoms. The van der Waals surface area contributed by atoms with Gasteiger partial charge >= 0.3 is 0 Å². The predicted molar refractivity (Wildman–Crippen MR) is 80.4 cm³/mol. The van der Waals surface area contributed by atoms with Crippen molar-refractivity contribution in [2.24, 2.45) is 5.92 Å². The molecule has 2 aromatic rings. The van der Waals surface area contributed by atoms with Crippen LogP contribution in [0.3, 0.4) is 0 Å². The van der Waals surface area contributed by atoms with Gasteiger partial charge in [0, 0.05) is 17.6 Å². The van der Waals surface area contributed by atoms with E-state index < -0.39 is 0 Å². The molecule has 106 valence electrons. The molecule has 0 amide bonds. The summed E-state index contributed by atoms with van der Waals surface area (Å²) < 4.78 is 10.9. The van der Waals surface area contributed by atoms with Crippen molar-refractivity contribution in [3.63, 3.8) is 0 Å². The van der Waals surface area contributed by atoms with E-state index in [1.54, 1.807) is 0 Å². The second kappa shape index (κ2) is 5.19. The molecule has 4 nitrogen and oxygen atoms in total. The van der Waals surface area contributed by atoms with E-state index in [0.717, 1.165) is 34.5 Å². The lowest BCUT2D eigenvalue weighted by molar-refractivity contribution is 0.174. The third kappa shape index (κ3) is 2.26. The number of aromatic nitrogens is 1. The van der Waals surface area contributed by atoms with Crippen molar-refractivity contribution >= 4 is 16.6 Å². The molecule has 0 saturated heterocycles. The Morgan fingerprint density at radius 2 is 2.00 bits per heavy atom. The lowest BCUT2D eigenvalue weighted by Crippen LogP contribution is -2.23. The Kier molecular flexibility index (Phi) is 3.38. The van der Waals surface area contributed by atoms with Crippen molar-refractivity contribution in [2.45, 2.75) is 33.2 Å². The SMILES string of the molecule is CCC(C)C(C)Nc1nccc2cc3c(cc12)OCO3. The van der Waals surface area contributed by atoms with Crippen LogP contribution in [-0.2, 0) is 0 Å². The summed E-state index contributed by atoms with van der Waals surface area (Å²) >= 11 is 0. The molecular weight excluding hydrogens is 252 g/mol. The van der Waals surface area contributed by atoms with Gasteiger partial charge in [0.05, 0.1) is 0 Å². The van der Waals surface area contributed by atoms with Gasteiger partial charge < -0.3 is 14.8 Å². The summed E-state index contributed by atoms with van der Waals surface area (Å²) in [7, 11) is 0. The summed E-state index contributed by atoms with van der Waals surface area (Å²) in [5.74, 6) is 3.11. The Morgan fingerprint density at radius 1 is 1.25 bits per heavy atom. The fourth-order valence-corrected chi connectivity index (χ4v) is 2.39. The van der Waals surface area contributed by atoms with Gasteiger partial charge in [-0.2, -0.15) is 0 Å². The highest BCUT2D eigenvalue weighted by atomic mass is 16.7. The first-order chi connectivity index (χ1) is 9.69. The maximum absolute atomic E-state index is 5.46. The Bertz CT molecular complexity index is 627. The summed E-state index contributed by atoms with van der Waals surface area (Å²) in [6.45, 7) is 6.95. The van der Waals surface area contributed by atoms with E-state index in [2.05, 4.69) is 31.1 Å². The number of pyridine rings is 1. The van der Waals surface area contributed by atoms with Crippen LogP contribution in [0.5, 0.6) is 11.5 Å². The summed E-state index contributed by atoms with van der Waals surface area (Å²) in [6, 6.07) is 6.40. The van der Waals surface area contributed by atoms with Crippen molar-refractivity contribution in [2.75, 3.05) is 12.1 Å². The molecule has 20 heavy (non-hydrogen) atoms. The van der Waals surface area contributed by atoms with Gasteiger partial charge in [-0.05, 0) is 36.4 Å². The van der Waals surface area contributed by atoms with Gasteiger partial charge in [-0.25, -0.2) is 4.98 Å². The van der Waals surface area contributed by atoms with Crippen molar-refractivity contribution in [3.8, 4) is 11.5 Å². The van der Waals surface area contributed by atoms with Gasteiger partial charge in [0.2, 0.25) is 6.79 Å². The standard InChI is InChI=1S/C16H20N2O2/c1-4-10(2)11(3)18-16-13-8-15-14(19-9-20-15)7-12(13)5-6-17-16/h5-8,10-11H,4,9H2,1-3H3,(H,17,18). The largest absolute Gasteiger partial charge is 0.454 e. The van der Waals surface area contributed by atoms with E-state index in [0.29, 0.717) is 18.8 Å². The fourth-order valence-electron chi connectivity index (χ4n) is 2.39. The highest BCUT2D eigenvalue weighted by molar-refractivity contribution is 5.94. The zero-order chi connectivity index (χ0) is 14.1. The summed E-state index contributed by atoms with van der Waals surface area (Å²) in [4.78, 5) is 4.48. The van der Waals surface area contributed by atoms with Crippen LogP contribution in [-0.4, -0.2) is 17.8 Å². The van der Waals surface area contributed by atoms with Crippen molar-refractivity contribution in [3.05, 3.63) is 24.4 Å². The molecule has 0 saturated carbocycles. The molecule has 2 unspecified atom stereocenters. The van der Waals surface area contributed by atoms with Crippen LogP contribution in [0.2, 0.25) is 0 Å². The number of nitrogens with one attached hydrogen (secondary N) is 1. The van der Waals surface area contributed by atoms with Crippen LogP contribution >= 0.6 is 0 Å². The topological polar surface area (TPSA) is 43.4 Å². The number of ether oxygens (including phenoxy) is 2. The van der Waals surface area contributed by atoms with E-state index in [9.17, 15) is 0 Å². The molecule has 0 aliphatic carbocycles. The first kappa shape index (κ1) is 13.0. The number of benzene rings is 1. The Hall–Kier alpha value is -1.97. The molecule has 3 rings (SSSR count). The van der Waals surface area contributed by atoms with E-state index in [4.69, 9.17) is 9.47 Å². The fraction of sp³-hybridized carbons (Fsp3) is 0.438. The number of anilines is 1. The van der Waals surface area contributed by atoms with E-state index >= 15 is 0 Å². The Balaban J connectivity index is 1.99. The van der Waals surface area contributed by atoms with Gasteiger partial charge in [0.25, 0.3) is 0 Å². The average molecular weight is 272 g/mol. The van der Waals surface area contributed by atoms with Crippen LogP contribution in [0.4, 0.5) is 5.82 Å². The quantitative estimate of drug-likeness (QED) is 0.919. The van der Waals surface area contributed by atoms with Crippen LogP contribution in [0.15, 0.2) is 24.4 Å². The van der Waals surface area contributed by atoms with Gasteiger partial charge in [-0.1, -0.05) is 20.3 Å². The second-order valence-corrected chi connectivity index (χ2v) is 5.40. The lowest BCUT2D eigenvalue weighted by atomic mass is 10.0. The molecule has 1 aromatic carbocycles. The molecule has 0 radical (unpaired) electrons. The van der Waals surface area contributed by atoms with Gasteiger partial charge in [-0.15, -0.1) is 0 Å². The Morgan fingerprint density at radius 3 is 2.75 bits per heavy atom. The molecule has 1 aliphatic heterocycles. The van der Waals surface area contributed by atoms with Crippen LogP contribution in [0.1, 0.15) is 27.2 Å². The first-order valence-electron chi connectivity index (χ1n) is 7.14. The molecule has 2 atom stereocenters. The van der Waals surface area contributed by atoms with Crippen LogP contribution in [0, 0.1) is 5.92 Å². The number of fused-ring (bicyclic) bond motifs is 2. The summed E-state index contributed by atoms with van der Waals surface area (Å²) in [5, 5.41) is 5.71. The molecule has 4 heteroatoms. The number of hydrogen-bond acceptors (Lipinski definition) is 4. The second-order valence-electron chi connectivity index (χ2n) is 5.40. The third-order valence-electron chi connectivity index (χ3n) is 4.12. The minimum Gasteiger partial charge on any atom is -0.454 e. The Labute approximate surface area is 119 Å². The molecular formula is C16H20N2O2. The molecule has 0 fully saturated rings. The zero-order valence-corrected chi connectivity index (χ0v) is 12.1. The summed E-state index contributed by atoms with van der Waals surface area (Å²) in [6.07, 6.45) is 2.97.